The van der Waals surface area contributed by atoms with Crippen LogP contribution in [0.15, 0.2) is 71.1 Å². The Morgan fingerprint density at radius 3 is 2.25 bits per heavy atom. The van der Waals surface area contributed by atoms with Crippen LogP contribution in [0.4, 0.5) is 0 Å². The number of piperidine rings is 1. The molecule has 0 bridgehead atoms. The molecule has 2 aromatic carbocycles. The molecular weight excluding hydrogens is 452 g/mol. The van der Waals surface area contributed by atoms with Gasteiger partial charge >= 0.3 is 0 Å². The van der Waals surface area contributed by atoms with Crippen molar-refractivity contribution in [2.45, 2.75) is 26.2 Å². The summed E-state index contributed by atoms with van der Waals surface area (Å²) in [6.07, 6.45) is 2.74. The minimum Gasteiger partial charge on any atom is -0.494 e. The molecule has 2 amide bonds. The van der Waals surface area contributed by atoms with Gasteiger partial charge in [0.05, 0.1) is 6.61 Å². The van der Waals surface area contributed by atoms with E-state index in [2.05, 4.69) is 11.8 Å². The van der Waals surface area contributed by atoms with Crippen LogP contribution in [0.3, 0.4) is 0 Å². The van der Waals surface area contributed by atoms with Gasteiger partial charge in [0, 0.05) is 37.3 Å². The van der Waals surface area contributed by atoms with Crippen LogP contribution >= 0.6 is 0 Å². The summed E-state index contributed by atoms with van der Waals surface area (Å²) in [5.74, 6) is 7.59. The molecule has 6 nitrogen and oxygen atoms in total. The smallest absolute Gasteiger partial charge is 0.289 e. The number of ether oxygens (including phenoxy) is 1. The normalized spacial score (nSPS) is 16.5. The lowest BCUT2D eigenvalue weighted by Crippen LogP contribution is -2.44. The van der Waals surface area contributed by atoms with Gasteiger partial charge in [0.2, 0.25) is 0 Å². The highest BCUT2D eigenvalue weighted by Gasteiger charge is 2.43. The maximum atomic E-state index is 13.1. The van der Waals surface area contributed by atoms with Crippen LogP contribution in [0.5, 0.6) is 5.75 Å². The quantitative estimate of drug-likeness (QED) is 0.499. The van der Waals surface area contributed by atoms with Gasteiger partial charge in [0.1, 0.15) is 5.75 Å². The van der Waals surface area contributed by atoms with E-state index in [0.717, 1.165) is 30.6 Å². The number of nitrogens with zero attached hydrogens (tertiary/aromatic N) is 2. The van der Waals surface area contributed by atoms with Crippen molar-refractivity contribution in [2.75, 3.05) is 32.8 Å². The summed E-state index contributed by atoms with van der Waals surface area (Å²) in [6, 6.07) is 20.5. The summed E-state index contributed by atoms with van der Waals surface area (Å²) < 4.78 is 11.2. The number of benzene rings is 2. The monoisotopic (exact) mass is 482 g/mol. The Kier molecular flexibility index (Phi) is 6.81. The highest BCUT2D eigenvalue weighted by molar-refractivity contribution is 5.94. The Morgan fingerprint density at radius 1 is 0.861 bits per heavy atom. The van der Waals surface area contributed by atoms with Crippen LogP contribution < -0.4 is 4.74 Å². The number of amides is 2. The third-order valence-corrected chi connectivity index (χ3v) is 7.17. The average molecular weight is 483 g/mol. The number of furan rings is 1. The molecule has 0 N–H and O–H groups in total. The lowest BCUT2D eigenvalue weighted by atomic mass is 9.77. The summed E-state index contributed by atoms with van der Waals surface area (Å²) in [5, 5.41) is 0. The SMILES string of the molecule is CCOc1ccc(C(=O)N2CCC3(CC2)CCN(C(=O)c2ccc(C#Cc4ccccc4)o2)C3)cc1. The van der Waals surface area contributed by atoms with Crippen molar-refractivity contribution >= 4 is 11.8 Å². The van der Waals surface area contributed by atoms with Crippen molar-refractivity contribution in [2.24, 2.45) is 5.41 Å². The zero-order valence-corrected chi connectivity index (χ0v) is 20.5. The summed E-state index contributed by atoms with van der Waals surface area (Å²) in [6.45, 7) is 5.35. The highest BCUT2D eigenvalue weighted by Crippen LogP contribution is 2.41. The molecule has 0 radical (unpaired) electrons. The average Bonchev–Trinajstić information content (AvgIpc) is 3.56. The van der Waals surface area contributed by atoms with Crippen molar-refractivity contribution in [3.8, 4) is 17.6 Å². The molecule has 6 heteroatoms. The molecule has 0 atom stereocenters. The summed E-state index contributed by atoms with van der Waals surface area (Å²) in [5.41, 5.74) is 1.64. The summed E-state index contributed by atoms with van der Waals surface area (Å²) >= 11 is 0. The fourth-order valence-electron chi connectivity index (χ4n) is 5.07. The maximum Gasteiger partial charge on any atom is 0.289 e. The maximum absolute atomic E-state index is 13.1. The van der Waals surface area contributed by atoms with Crippen LogP contribution in [0.2, 0.25) is 0 Å². The first kappa shape index (κ1) is 23.7. The van der Waals surface area contributed by atoms with Crippen molar-refractivity contribution in [3.05, 3.63) is 89.4 Å². The summed E-state index contributed by atoms with van der Waals surface area (Å²) in [4.78, 5) is 29.9. The van der Waals surface area contributed by atoms with Crippen LogP contribution in [-0.2, 0) is 0 Å². The van der Waals surface area contributed by atoms with Crippen molar-refractivity contribution in [1.82, 2.24) is 9.80 Å². The third-order valence-electron chi connectivity index (χ3n) is 7.17. The Morgan fingerprint density at radius 2 is 1.56 bits per heavy atom. The summed E-state index contributed by atoms with van der Waals surface area (Å²) in [7, 11) is 0. The number of carbonyl (C=O) groups excluding carboxylic acids is 2. The molecule has 0 aliphatic carbocycles. The number of hydrogen-bond donors (Lipinski definition) is 0. The zero-order valence-electron chi connectivity index (χ0n) is 20.5. The Bertz CT molecular complexity index is 1280. The molecule has 1 aromatic heterocycles. The van der Waals surface area contributed by atoms with Crippen molar-refractivity contribution in [3.63, 3.8) is 0 Å². The van der Waals surface area contributed by atoms with Crippen molar-refractivity contribution in [1.29, 1.82) is 0 Å². The van der Waals surface area contributed by atoms with E-state index in [1.165, 1.54) is 0 Å². The molecular formula is C30H30N2O4. The molecule has 3 aromatic rings. The predicted molar refractivity (Wildman–Crippen MR) is 137 cm³/mol. The first-order valence-corrected chi connectivity index (χ1v) is 12.5. The van der Waals surface area contributed by atoms with E-state index in [9.17, 15) is 9.59 Å². The topological polar surface area (TPSA) is 63.0 Å². The van der Waals surface area contributed by atoms with Gasteiger partial charge in [-0.05, 0) is 86.1 Å². The fraction of sp³-hybridized carbons (Fsp3) is 0.333. The van der Waals surface area contributed by atoms with Gasteiger partial charge in [-0.15, -0.1) is 0 Å². The minimum atomic E-state index is -0.0902. The lowest BCUT2D eigenvalue weighted by molar-refractivity contribution is 0.0559. The van der Waals surface area contributed by atoms with Crippen LogP contribution in [0, 0.1) is 17.3 Å². The van der Waals surface area contributed by atoms with E-state index in [1.54, 1.807) is 12.1 Å². The van der Waals surface area contributed by atoms with Gasteiger partial charge in [-0.25, -0.2) is 0 Å². The minimum absolute atomic E-state index is 0.0542. The number of rotatable bonds is 4. The van der Waals surface area contributed by atoms with Crippen molar-refractivity contribution < 1.29 is 18.7 Å². The highest BCUT2D eigenvalue weighted by atomic mass is 16.5. The van der Waals surface area contributed by atoms with Gasteiger partial charge < -0.3 is 19.0 Å². The number of hydrogen-bond acceptors (Lipinski definition) is 4. The van der Waals surface area contributed by atoms with Gasteiger partial charge in [-0.1, -0.05) is 24.1 Å². The molecule has 2 aliphatic rings. The van der Waals surface area contributed by atoms with Gasteiger partial charge in [-0.3, -0.25) is 9.59 Å². The zero-order chi connectivity index (χ0) is 25.0. The molecule has 0 saturated carbocycles. The molecule has 2 aliphatic heterocycles. The standard InChI is InChI=1S/C30H30N2O4/c1-2-35-25-12-9-24(10-13-25)28(33)31-19-16-30(17-20-31)18-21-32(22-30)29(34)27-15-14-26(36-27)11-8-23-6-4-3-5-7-23/h3-7,9-10,12-15H,2,16-22H2,1H3. The van der Waals surface area contributed by atoms with Gasteiger partial charge in [0.15, 0.2) is 11.5 Å². The van der Waals surface area contributed by atoms with Crippen LogP contribution in [0.1, 0.15) is 58.4 Å². The van der Waals surface area contributed by atoms with Crippen LogP contribution in [-0.4, -0.2) is 54.4 Å². The van der Waals surface area contributed by atoms with Gasteiger partial charge in [-0.2, -0.15) is 0 Å². The third kappa shape index (κ3) is 5.16. The molecule has 3 heterocycles. The van der Waals surface area contributed by atoms with Crippen LogP contribution in [0.25, 0.3) is 0 Å². The Balaban J connectivity index is 1.16. The largest absolute Gasteiger partial charge is 0.494 e. The lowest BCUT2D eigenvalue weighted by Gasteiger charge is -2.39. The Labute approximate surface area is 211 Å². The first-order valence-electron chi connectivity index (χ1n) is 12.5. The second kappa shape index (κ2) is 10.3. The second-order valence-electron chi connectivity index (χ2n) is 9.51. The first-order chi connectivity index (χ1) is 17.5. The Hall–Kier alpha value is -3.98. The van der Waals surface area contributed by atoms with E-state index >= 15 is 0 Å². The molecule has 0 unspecified atom stereocenters. The molecule has 1 spiro atoms. The van der Waals surface area contributed by atoms with E-state index in [1.807, 2.05) is 71.3 Å². The molecule has 2 fully saturated rings. The number of likely N-dealkylation sites (tertiary alicyclic amines) is 2. The van der Waals surface area contributed by atoms with Gasteiger partial charge in [0.25, 0.3) is 11.8 Å². The molecule has 36 heavy (non-hydrogen) atoms. The molecule has 5 rings (SSSR count). The molecule has 2 saturated heterocycles. The predicted octanol–water partition coefficient (Wildman–Crippen LogP) is 4.85. The second-order valence-corrected chi connectivity index (χ2v) is 9.51. The molecule has 184 valence electrons. The van der Waals surface area contributed by atoms with E-state index < -0.39 is 0 Å². The number of carbonyl (C=O) groups is 2. The fourth-order valence-corrected chi connectivity index (χ4v) is 5.07. The van der Waals surface area contributed by atoms with E-state index in [0.29, 0.717) is 49.9 Å². The van der Waals surface area contributed by atoms with E-state index in [-0.39, 0.29) is 17.2 Å². The van der Waals surface area contributed by atoms with E-state index in [4.69, 9.17) is 9.15 Å².